The molecule has 1 aliphatic rings. The molecule has 0 radical (unpaired) electrons. The number of alkyl carbamates (subject to hydrolysis) is 1. The molecule has 1 heterocycles. The van der Waals surface area contributed by atoms with Crippen LogP contribution in [0.1, 0.15) is 20.8 Å². The van der Waals surface area contributed by atoms with Gasteiger partial charge in [0, 0.05) is 52.4 Å². The second kappa shape index (κ2) is 9.57. The van der Waals surface area contributed by atoms with Crippen molar-refractivity contribution in [3.63, 3.8) is 0 Å². The van der Waals surface area contributed by atoms with E-state index in [-0.39, 0.29) is 5.69 Å². The van der Waals surface area contributed by atoms with Crippen LogP contribution in [0, 0.1) is 11.6 Å². The number of rotatable bonds is 4. The highest BCUT2D eigenvalue weighted by molar-refractivity contribution is 5.80. The molecule has 28 heavy (non-hydrogen) atoms. The van der Waals surface area contributed by atoms with Crippen molar-refractivity contribution < 1.29 is 18.3 Å². The molecule has 7 nitrogen and oxygen atoms in total. The Morgan fingerprint density at radius 1 is 1.14 bits per heavy atom. The fourth-order valence-electron chi connectivity index (χ4n) is 2.87. The highest BCUT2D eigenvalue weighted by atomic mass is 19.1. The van der Waals surface area contributed by atoms with Crippen LogP contribution in [0.2, 0.25) is 0 Å². The third-order valence-electron chi connectivity index (χ3n) is 4.12. The molecule has 2 N–H and O–H groups in total. The minimum atomic E-state index is -0.533. The smallest absolute Gasteiger partial charge is 0.407 e. The van der Waals surface area contributed by atoms with E-state index in [2.05, 4.69) is 15.6 Å². The van der Waals surface area contributed by atoms with Gasteiger partial charge in [-0.2, -0.15) is 0 Å². The zero-order chi connectivity index (χ0) is 20.7. The van der Waals surface area contributed by atoms with Gasteiger partial charge in [0.1, 0.15) is 17.2 Å². The van der Waals surface area contributed by atoms with E-state index in [9.17, 15) is 13.6 Å². The first kappa shape index (κ1) is 21.7. The van der Waals surface area contributed by atoms with Crippen LogP contribution in [0.15, 0.2) is 23.2 Å². The maximum absolute atomic E-state index is 13.9. The van der Waals surface area contributed by atoms with Gasteiger partial charge in [0.05, 0.1) is 5.69 Å². The number of piperazine rings is 1. The average Bonchev–Trinajstić information content (AvgIpc) is 2.63. The molecule has 1 fully saturated rings. The van der Waals surface area contributed by atoms with Gasteiger partial charge in [-0.15, -0.1) is 0 Å². The molecule has 0 spiro atoms. The summed E-state index contributed by atoms with van der Waals surface area (Å²) < 4.78 is 32.5. The first-order valence-electron chi connectivity index (χ1n) is 9.32. The quantitative estimate of drug-likeness (QED) is 0.463. The topological polar surface area (TPSA) is 69.2 Å². The standard InChI is InChI=1S/C19H29F2N5O2/c1-19(2,3)28-18(27)24-8-7-23-17(22-4)26-11-9-25(10-12-26)16-13-14(20)5-6-15(16)21/h5-6,13H,7-12H2,1-4H3,(H,22,23)(H,24,27). The molecule has 1 aromatic carbocycles. The van der Waals surface area contributed by atoms with Gasteiger partial charge in [-0.25, -0.2) is 13.6 Å². The van der Waals surface area contributed by atoms with E-state index in [1.54, 1.807) is 7.05 Å². The molecule has 0 atom stereocenters. The normalized spacial score (nSPS) is 15.4. The molecule has 1 aromatic rings. The largest absolute Gasteiger partial charge is 0.444 e. The highest BCUT2D eigenvalue weighted by Gasteiger charge is 2.22. The van der Waals surface area contributed by atoms with E-state index in [4.69, 9.17) is 4.74 Å². The number of hydrogen-bond acceptors (Lipinski definition) is 4. The number of aliphatic imine (C=N–C) groups is 1. The van der Waals surface area contributed by atoms with Crippen LogP contribution < -0.4 is 15.5 Å². The van der Waals surface area contributed by atoms with Gasteiger partial charge >= 0.3 is 6.09 Å². The van der Waals surface area contributed by atoms with Gasteiger partial charge in [0.25, 0.3) is 0 Å². The van der Waals surface area contributed by atoms with Crippen LogP contribution in [0.5, 0.6) is 0 Å². The number of halogens is 2. The molecule has 1 saturated heterocycles. The minimum Gasteiger partial charge on any atom is -0.444 e. The SMILES string of the molecule is CN=C(NCCNC(=O)OC(C)(C)C)N1CCN(c2cc(F)ccc2F)CC1. The third-order valence-corrected chi connectivity index (χ3v) is 4.12. The number of carbonyl (C=O) groups excluding carboxylic acids is 1. The summed E-state index contributed by atoms with van der Waals surface area (Å²) in [5.74, 6) is -0.176. The molecule has 2 rings (SSSR count). The van der Waals surface area contributed by atoms with E-state index in [1.807, 2.05) is 30.6 Å². The predicted molar refractivity (Wildman–Crippen MR) is 106 cm³/mol. The van der Waals surface area contributed by atoms with E-state index in [1.165, 1.54) is 6.07 Å². The summed E-state index contributed by atoms with van der Waals surface area (Å²) in [6, 6.07) is 3.49. The number of nitrogens with one attached hydrogen (secondary N) is 2. The molecule has 0 saturated carbocycles. The Balaban J connectivity index is 1.77. The minimum absolute atomic E-state index is 0.282. The summed E-state index contributed by atoms with van der Waals surface area (Å²) >= 11 is 0. The summed E-state index contributed by atoms with van der Waals surface area (Å²) in [5.41, 5.74) is -0.252. The highest BCUT2D eigenvalue weighted by Crippen LogP contribution is 2.21. The molecule has 0 bridgehead atoms. The van der Waals surface area contributed by atoms with Crippen molar-refractivity contribution in [1.29, 1.82) is 0 Å². The molecule has 0 aliphatic carbocycles. The van der Waals surface area contributed by atoms with Crippen molar-refractivity contribution in [2.45, 2.75) is 26.4 Å². The van der Waals surface area contributed by atoms with Crippen molar-refractivity contribution in [2.75, 3.05) is 51.2 Å². The number of hydrogen-bond donors (Lipinski definition) is 2. The van der Waals surface area contributed by atoms with Crippen molar-refractivity contribution in [3.05, 3.63) is 29.8 Å². The number of nitrogens with zero attached hydrogens (tertiary/aromatic N) is 3. The number of guanidine groups is 1. The molecule has 0 aromatic heterocycles. The lowest BCUT2D eigenvalue weighted by Gasteiger charge is -2.37. The monoisotopic (exact) mass is 397 g/mol. The Morgan fingerprint density at radius 3 is 2.39 bits per heavy atom. The fourth-order valence-corrected chi connectivity index (χ4v) is 2.87. The summed E-state index contributed by atoms with van der Waals surface area (Å²) in [5, 5.41) is 5.86. The second-order valence-corrected chi connectivity index (χ2v) is 7.47. The number of carbonyl (C=O) groups is 1. The van der Waals surface area contributed by atoms with Crippen LogP contribution in [0.25, 0.3) is 0 Å². The summed E-state index contributed by atoms with van der Waals surface area (Å²) in [6.07, 6.45) is -0.463. The second-order valence-electron chi connectivity index (χ2n) is 7.47. The Bertz CT molecular complexity index is 698. The Hall–Kier alpha value is -2.58. The Morgan fingerprint density at radius 2 is 1.79 bits per heavy atom. The van der Waals surface area contributed by atoms with Crippen LogP contribution in [0.3, 0.4) is 0 Å². The lowest BCUT2D eigenvalue weighted by Crippen LogP contribution is -2.53. The predicted octanol–water partition coefficient (Wildman–Crippen LogP) is 2.19. The van der Waals surface area contributed by atoms with Crippen molar-refractivity contribution in [2.24, 2.45) is 4.99 Å². The maximum Gasteiger partial charge on any atom is 0.407 e. The van der Waals surface area contributed by atoms with Crippen LogP contribution in [-0.2, 0) is 4.74 Å². The zero-order valence-corrected chi connectivity index (χ0v) is 16.9. The molecule has 0 unspecified atom stereocenters. The molecule has 1 amide bonds. The first-order chi connectivity index (χ1) is 13.2. The van der Waals surface area contributed by atoms with Crippen LogP contribution >= 0.6 is 0 Å². The lowest BCUT2D eigenvalue weighted by molar-refractivity contribution is 0.0529. The summed E-state index contributed by atoms with van der Waals surface area (Å²) in [6.45, 7) is 8.65. The van der Waals surface area contributed by atoms with E-state index in [0.29, 0.717) is 45.2 Å². The van der Waals surface area contributed by atoms with Crippen molar-refractivity contribution in [3.8, 4) is 0 Å². The van der Waals surface area contributed by atoms with Crippen molar-refractivity contribution >= 4 is 17.7 Å². The number of amides is 1. The fraction of sp³-hybridized carbons (Fsp3) is 0.579. The Labute approximate surface area is 164 Å². The Kier molecular flexibility index (Phi) is 7.42. The first-order valence-corrected chi connectivity index (χ1v) is 9.32. The molecule has 1 aliphatic heterocycles. The molecule has 9 heteroatoms. The molecular weight excluding hydrogens is 368 g/mol. The summed E-state index contributed by atoms with van der Waals surface area (Å²) in [4.78, 5) is 19.8. The zero-order valence-electron chi connectivity index (χ0n) is 16.9. The van der Waals surface area contributed by atoms with Crippen molar-refractivity contribution in [1.82, 2.24) is 15.5 Å². The average molecular weight is 397 g/mol. The number of ether oxygens (including phenoxy) is 1. The number of benzene rings is 1. The van der Waals surface area contributed by atoms with Crippen LogP contribution in [-0.4, -0.2) is 68.9 Å². The maximum atomic E-state index is 13.9. The van der Waals surface area contributed by atoms with E-state index in [0.717, 1.165) is 12.1 Å². The third kappa shape index (κ3) is 6.54. The summed E-state index contributed by atoms with van der Waals surface area (Å²) in [7, 11) is 1.68. The van der Waals surface area contributed by atoms with Crippen LogP contribution in [0.4, 0.5) is 19.3 Å². The number of anilines is 1. The molecule has 156 valence electrons. The van der Waals surface area contributed by atoms with Gasteiger partial charge in [0.15, 0.2) is 5.96 Å². The van der Waals surface area contributed by atoms with E-state index < -0.39 is 23.3 Å². The van der Waals surface area contributed by atoms with Gasteiger partial charge < -0.3 is 25.2 Å². The van der Waals surface area contributed by atoms with Gasteiger partial charge in [-0.05, 0) is 32.9 Å². The van der Waals surface area contributed by atoms with Gasteiger partial charge in [-0.1, -0.05) is 0 Å². The van der Waals surface area contributed by atoms with Gasteiger partial charge in [-0.3, -0.25) is 4.99 Å². The van der Waals surface area contributed by atoms with E-state index >= 15 is 0 Å². The molecular formula is C19H29F2N5O2. The van der Waals surface area contributed by atoms with Gasteiger partial charge in [0.2, 0.25) is 0 Å². The lowest BCUT2D eigenvalue weighted by atomic mass is 10.2.